The van der Waals surface area contributed by atoms with E-state index in [4.69, 9.17) is 4.74 Å². The monoisotopic (exact) mass is 386 g/mol. The number of benzene rings is 1. The van der Waals surface area contributed by atoms with Gasteiger partial charge in [0.1, 0.15) is 6.33 Å². The van der Waals surface area contributed by atoms with E-state index < -0.39 is 4.92 Å². The molecule has 0 aliphatic carbocycles. The zero-order valence-electron chi connectivity index (χ0n) is 16.1. The van der Waals surface area contributed by atoms with Crippen LogP contribution in [0.1, 0.15) is 13.3 Å². The van der Waals surface area contributed by atoms with Crippen LogP contribution in [-0.2, 0) is 4.74 Å². The molecule has 0 bridgehead atoms. The molecule has 0 unspecified atom stereocenters. The Morgan fingerprint density at radius 1 is 1.25 bits per heavy atom. The first-order valence-corrected chi connectivity index (χ1v) is 9.56. The largest absolute Gasteiger partial charge is 0.379 e. The van der Waals surface area contributed by atoms with Gasteiger partial charge >= 0.3 is 5.69 Å². The summed E-state index contributed by atoms with van der Waals surface area (Å²) in [6, 6.07) is 9.52. The zero-order chi connectivity index (χ0) is 19.8. The van der Waals surface area contributed by atoms with Gasteiger partial charge in [-0.3, -0.25) is 15.0 Å². The van der Waals surface area contributed by atoms with Crippen LogP contribution in [0.5, 0.6) is 0 Å². The van der Waals surface area contributed by atoms with Gasteiger partial charge in [0.05, 0.1) is 18.1 Å². The second kappa shape index (κ2) is 9.95. The summed E-state index contributed by atoms with van der Waals surface area (Å²) in [4.78, 5) is 23.9. The number of rotatable bonds is 9. The predicted molar refractivity (Wildman–Crippen MR) is 108 cm³/mol. The number of nitrogens with zero attached hydrogens (tertiary/aromatic N) is 5. The fourth-order valence-electron chi connectivity index (χ4n) is 3.26. The van der Waals surface area contributed by atoms with E-state index in [1.54, 1.807) is 0 Å². The summed E-state index contributed by atoms with van der Waals surface area (Å²) < 4.78 is 5.35. The molecule has 1 aliphatic rings. The molecule has 9 heteroatoms. The predicted octanol–water partition coefficient (Wildman–Crippen LogP) is 2.68. The second-order valence-electron chi connectivity index (χ2n) is 6.47. The molecule has 0 spiro atoms. The molecule has 0 atom stereocenters. The van der Waals surface area contributed by atoms with Crippen molar-refractivity contribution in [3.05, 3.63) is 46.8 Å². The van der Waals surface area contributed by atoms with Gasteiger partial charge in [-0.15, -0.1) is 0 Å². The molecule has 1 N–H and O–H groups in total. The number of para-hydroxylation sites is 1. The number of ether oxygens (including phenoxy) is 1. The lowest BCUT2D eigenvalue weighted by Crippen LogP contribution is -2.37. The number of nitrogens with one attached hydrogen (secondary N) is 1. The SMILES string of the molecule is CCN(c1ccccc1)c1ncnc(NCCCN2CCOCC2)c1[N+](=O)[O-]. The molecule has 1 aliphatic heterocycles. The molecule has 2 heterocycles. The number of morpholine rings is 1. The average Bonchev–Trinajstić information content (AvgIpc) is 2.73. The van der Waals surface area contributed by atoms with E-state index in [2.05, 4.69) is 20.2 Å². The van der Waals surface area contributed by atoms with Gasteiger partial charge in [-0.2, -0.15) is 0 Å². The van der Waals surface area contributed by atoms with Crippen LogP contribution in [0.3, 0.4) is 0 Å². The molecule has 1 aromatic carbocycles. The van der Waals surface area contributed by atoms with Crippen LogP contribution in [0, 0.1) is 10.1 Å². The first kappa shape index (κ1) is 20.0. The molecule has 0 amide bonds. The van der Waals surface area contributed by atoms with Gasteiger partial charge in [0.2, 0.25) is 11.6 Å². The van der Waals surface area contributed by atoms with Crippen molar-refractivity contribution in [3.63, 3.8) is 0 Å². The van der Waals surface area contributed by atoms with Crippen molar-refractivity contribution in [1.29, 1.82) is 0 Å². The summed E-state index contributed by atoms with van der Waals surface area (Å²) in [5.74, 6) is 0.552. The summed E-state index contributed by atoms with van der Waals surface area (Å²) in [6.45, 7) is 7.41. The molecule has 28 heavy (non-hydrogen) atoms. The van der Waals surface area contributed by atoms with Crippen LogP contribution < -0.4 is 10.2 Å². The Kier molecular flexibility index (Phi) is 7.10. The van der Waals surface area contributed by atoms with E-state index >= 15 is 0 Å². The third kappa shape index (κ3) is 4.93. The number of hydrogen-bond acceptors (Lipinski definition) is 8. The van der Waals surface area contributed by atoms with Crippen molar-refractivity contribution in [2.24, 2.45) is 0 Å². The van der Waals surface area contributed by atoms with Crippen LogP contribution in [0.25, 0.3) is 0 Å². The molecule has 2 aromatic rings. The van der Waals surface area contributed by atoms with Gasteiger partial charge in [0.25, 0.3) is 0 Å². The van der Waals surface area contributed by atoms with Crippen molar-refractivity contribution < 1.29 is 9.66 Å². The highest BCUT2D eigenvalue weighted by atomic mass is 16.6. The van der Waals surface area contributed by atoms with Crippen LogP contribution in [0.2, 0.25) is 0 Å². The maximum atomic E-state index is 11.8. The van der Waals surface area contributed by atoms with E-state index in [9.17, 15) is 10.1 Å². The number of nitro groups is 1. The fourth-order valence-corrected chi connectivity index (χ4v) is 3.26. The molecule has 1 fully saturated rings. The van der Waals surface area contributed by atoms with E-state index in [0.29, 0.717) is 18.9 Å². The Morgan fingerprint density at radius 3 is 2.68 bits per heavy atom. The number of hydrogen-bond donors (Lipinski definition) is 1. The minimum absolute atomic E-state index is 0.0976. The topological polar surface area (TPSA) is 96.7 Å². The Labute approximate surface area is 164 Å². The average molecular weight is 386 g/mol. The second-order valence-corrected chi connectivity index (χ2v) is 6.47. The van der Waals surface area contributed by atoms with Gasteiger partial charge in [0, 0.05) is 31.9 Å². The highest BCUT2D eigenvalue weighted by molar-refractivity contribution is 5.75. The molecule has 1 aromatic heterocycles. The van der Waals surface area contributed by atoms with Crippen LogP contribution in [0.4, 0.5) is 23.0 Å². The van der Waals surface area contributed by atoms with Crippen LogP contribution in [0.15, 0.2) is 36.7 Å². The van der Waals surface area contributed by atoms with E-state index in [0.717, 1.165) is 45.0 Å². The maximum Gasteiger partial charge on any atom is 0.353 e. The summed E-state index contributed by atoms with van der Waals surface area (Å²) in [6.07, 6.45) is 2.24. The summed E-state index contributed by atoms with van der Waals surface area (Å²) >= 11 is 0. The maximum absolute atomic E-state index is 11.8. The highest BCUT2D eigenvalue weighted by Crippen LogP contribution is 2.35. The Hall–Kier alpha value is -2.78. The van der Waals surface area contributed by atoms with Gasteiger partial charge in [-0.25, -0.2) is 9.97 Å². The standard InChI is InChI=1S/C19H26N6O3/c1-2-24(16-7-4-3-5-8-16)19-17(25(26)27)18(21-15-22-19)20-9-6-10-23-11-13-28-14-12-23/h3-5,7-8,15H,2,6,9-14H2,1H3,(H,20,21,22). The van der Waals surface area contributed by atoms with Crippen LogP contribution in [-0.4, -0.2) is 65.7 Å². The lowest BCUT2D eigenvalue weighted by atomic mass is 10.2. The summed E-state index contributed by atoms with van der Waals surface area (Å²) in [5.41, 5.74) is 0.754. The van der Waals surface area contributed by atoms with Crippen molar-refractivity contribution in [1.82, 2.24) is 14.9 Å². The van der Waals surface area contributed by atoms with E-state index in [1.165, 1.54) is 6.33 Å². The van der Waals surface area contributed by atoms with Crippen molar-refractivity contribution in [2.45, 2.75) is 13.3 Å². The van der Waals surface area contributed by atoms with Gasteiger partial charge < -0.3 is 15.0 Å². The third-order valence-corrected chi connectivity index (χ3v) is 4.67. The molecular weight excluding hydrogens is 360 g/mol. The molecule has 0 radical (unpaired) electrons. The number of anilines is 3. The molecule has 3 rings (SSSR count). The minimum Gasteiger partial charge on any atom is -0.379 e. The van der Waals surface area contributed by atoms with Gasteiger partial charge in [-0.05, 0) is 32.0 Å². The number of aromatic nitrogens is 2. The smallest absolute Gasteiger partial charge is 0.353 e. The lowest BCUT2D eigenvalue weighted by Gasteiger charge is -2.26. The van der Waals surface area contributed by atoms with Gasteiger partial charge in [0.15, 0.2) is 0 Å². The first-order chi connectivity index (χ1) is 13.7. The van der Waals surface area contributed by atoms with Crippen molar-refractivity contribution in [2.75, 3.05) is 56.2 Å². The normalized spacial score (nSPS) is 14.6. The Morgan fingerprint density at radius 2 is 2.00 bits per heavy atom. The van der Waals surface area contributed by atoms with Gasteiger partial charge in [-0.1, -0.05) is 18.2 Å². The summed E-state index contributed by atoms with van der Waals surface area (Å²) in [5, 5.41) is 14.9. The lowest BCUT2D eigenvalue weighted by molar-refractivity contribution is -0.383. The van der Waals surface area contributed by atoms with E-state index in [-0.39, 0.29) is 11.5 Å². The molecular formula is C19H26N6O3. The highest BCUT2D eigenvalue weighted by Gasteiger charge is 2.27. The molecule has 9 nitrogen and oxygen atoms in total. The Bertz CT molecular complexity index is 768. The first-order valence-electron chi connectivity index (χ1n) is 9.56. The molecule has 0 saturated carbocycles. The third-order valence-electron chi connectivity index (χ3n) is 4.67. The van der Waals surface area contributed by atoms with Crippen LogP contribution >= 0.6 is 0 Å². The Balaban J connectivity index is 1.72. The fraction of sp³-hybridized carbons (Fsp3) is 0.474. The quantitative estimate of drug-likeness (QED) is 0.399. The molecule has 1 saturated heterocycles. The van der Waals surface area contributed by atoms with Crippen molar-refractivity contribution >= 4 is 23.0 Å². The van der Waals surface area contributed by atoms with E-state index in [1.807, 2.05) is 42.2 Å². The minimum atomic E-state index is -0.411. The molecule has 150 valence electrons. The summed E-state index contributed by atoms with van der Waals surface area (Å²) in [7, 11) is 0. The van der Waals surface area contributed by atoms with Crippen molar-refractivity contribution in [3.8, 4) is 0 Å². The zero-order valence-corrected chi connectivity index (χ0v) is 16.1.